The average molecular weight is 286 g/mol. The third kappa shape index (κ3) is 2.06. The van der Waals surface area contributed by atoms with Gasteiger partial charge in [-0.25, -0.2) is 0 Å². The van der Waals surface area contributed by atoms with E-state index in [0.29, 0.717) is 0 Å². The van der Waals surface area contributed by atoms with Crippen LogP contribution in [0.2, 0.25) is 0 Å². The molecule has 1 aromatic rings. The number of carbonyl (C=O) groups is 1. The fourth-order valence-corrected chi connectivity index (χ4v) is 3.08. The van der Waals surface area contributed by atoms with E-state index in [-0.39, 0.29) is 11.3 Å². The van der Waals surface area contributed by atoms with Crippen LogP contribution in [0.1, 0.15) is 13.8 Å². The Bertz CT molecular complexity index is 417. The summed E-state index contributed by atoms with van der Waals surface area (Å²) in [5.74, 6) is 0.892. The van der Waals surface area contributed by atoms with E-state index >= 15 is 0 Å². The number of amides is 1. The van der Waals surface area contributed by atoms with Crippen LogP contribution >= 0.6 is 27.7 Å². The second kappa shape index (κ2) is 3.83. The van der Waals surface area contributed by atoms with Crippen molar-refractivity contribution in [3.8, 4) is 0 Å². The summed E-state index contributed by atoms with van der Waals surface area (Å²) in [7, 11) is 0. The van der Waals surface area contributed by atoms with E-state index in [0.717, 1.165) is 20.8 Å². The quantitative estimate of drug-likeness (QED) is 0.790. The van der Waals surface area contributed by atoms with Crippen LogP contribution in [0, 0.1) is 5.41 Å². The summed E-state index contributed by atoms with van der Waals surface area (Å²) in [4.78, 5) is 13.0. The Morgan fingerprint density at radius 1 is 1.47 bits per heavy atom. The number of benzene rings is 1. The SMILES string of the molecule is CC1(C)CSc2cccc(Br)c2NC1=O. The third-order valence-electron chi connectivity index (χ3n) is 2.42. The van der Waals surface area contributed by atoms with Crippen LogP contribution in [0.3, 0.4) is 0 Å². The molecule has 1 aliphatic heterocycles. The van der Waals surface area contributed by atoms with Crippen LogP contribution in [0.15, 0.2) is 27.6 Å². The number of anilines is 1. The van der Waals surface area contributed by atoms with Gasteiger partial charge in [0.15, 0.2) is 0 Å². The van der Waals surface area contributed by atoms with E-state index in [4.69, 9.17) is 0 Å². The molecule has 0 spiro atoms. The van der Waals surface area contributed by atoms with Gasteiger partial charge >= 0.3 is 0 Å². The Balaban J connectivity index is 2.45. The van der Waals surface area contributed by atoms with Gasteiger partial charge in [0.05, 0.1) is 11.1 Å². The molecule has 0 fully saturated rings. The first-order valence-electron chi connectivity index (χ1n) is 4.73. The monoisotopic (exact) mass is 285 g/mol. The minimum absolute atomic E-state index is 0.0839. The minimum atomic E-state index is -0.316. The topological polar surface area (TPSA) is 29.1 Å². The summed E-state index contributed by atoms with van der Waals surface area (Å²) < 4.78 is 0.943. The number of para-hydroxylation sites is 1. The summed E-state index contributed by atoms with van der Waals surface area (Å²) in [5.41, 5.74) is 0.585. The van der Waals surface area contributed by atoms with Gasteiger partial charge in [-0.3, -0.25) is 4.79 Å². The highest BCUT2D eigenvalue weighted by atomic mass is 79.9. The maximum atomic E-state index is 11.9. The maximum Gasteiger partial charge on any atom is 0.230 e. The van der Waals surface area contributed by atoms with Gasteiger partial charge in [0.25, 0.3) is 0 Å². The van der Waals surface area contributed by atoms with Crippen molar-refractivity contribution in [1.82, 2.24) is 0 Å². The molecule has 0 atom stereocenters. The molecule has 1 N–H and O–H groups in total. The van der Waals surface area contributed by atoms with Crippen LogP contribution in [-0.4, -0.2) is 11.7 Å². The molecule has 1 aliphatic rings. The van der Waals surface area contributed by atoms with Crippen molar-refractivity contribution in [2.75, 3.05) is 11.1 Å². The lowest BCUT2D eigenvalue weighted by Crippen LogP contribution is -2.31. The van der Waals surface area contributed by atoms with E-state index in [9.17, 15) is 4.79 Å². The molecule has 15 heavy (non-hydrogen) atoms. The van der Waals surface area contributed by atoms with Crippen molar-refractivity contribution in [1.29, 1.82) is 0 Å². The highest BCUT2D eigenvalue weighted by molar-refractivity contribution is 9.10. The molecule has 1 amide bonds. The Morgan fingerprint density at radius 3 is 2.93 bits per heavy atom. The highest BCUT2D eigenvalue weighted by Crippen LogP contribution is 2.40. The molecule has 0 aromatic heterocycles. The molecular formula is C11H12BrNOS. The zero-order valence-electron chi connectivity index (χ0n) is 8.63. The van der Waals surface area contributed by atoms with E-state index in [1.807, 2.05) is 32.0 Å². The molecule has 0 aliphatic carbocycles. The van der Waals surface area contributed by atoms with Crippen molar-refractivity contribution in [2.45, 2.75) is 18.7 Å². The fraction of sp³-hybridized carbons (Fsp3) is 0.364. The first-order chi connectivity index (χ1) is 7.00. The summed E-state index contributed by atoms with van der Waals surface area (Å²) in [6, 6.07) is 5.96. The Labute approximate surface area is 102 Å². The average Bonchev–Trinajstić information content (AvgIpc) is 2.28. The number of carbonyl (C=O) groups excluding carboxylic acids is 1. The van der Waals surface area contributed by atoms with Crippen molar-refractivity contribution < 1.29 is 4.79 Å². The normalized spacial score (nSPS) is 19.0. The van der Waals surface area contributed by atoms with Crippen molar-refractivity contribution >= 4 is 39.3 Å². The Hall–Kier alpha value is -0.480. The van der Waals surface area contributed by atoms with Gasteiger partial charge in [-0.05, 0) is 28.1 Å². The Morgan fingerprint density at radius 2 is 2.20 bits per heavy atom. The highest BCUT2D eigenvalue weighted by Gasteiger charge is 2.31. The number of nitrogens with one attached hydrogen (secondary N) is 1. The molecule has 4 heteroatoms. The lowest BCUT2D eigenvalue weighted by Gasteiger charge is -2.19. The van der Waals surface area contributed by atoms with Crippen LogP contribution in [0.5, 0.6) is 0 Å². The van der Waals surface area contributed by atoms with Crippen LogP contribution in [0.25, 0.3) is 0 Å². The molecule has 2 rings (SSSR count). The smallest absolute Gasteiger partial charge is 0.230 e. The van der Waals surface area contributed by atoms with Crippen molar-refractivity contribution in [3.05, 3.63) is 22.7 Å². The molecule has 2 nitrogen and oxygen atoms in total. The summed E-state index contributed by atoms with van der Waals surface area (Å²) >= 11 is 5.17. The number of fused-ring (bicyclic) bond motifs is 1. The third-order valence-corrected chi connectivity index (χ3v) is 4.60. The molecule has 1 heterocycles. The fourth-order valence-electron chi connectivity index (χ4n) is 1.35. The second-order valence-electron chi connectivity index (χ2n) is 4.24. The predicted octanol–water partition coefficient (Wildman–Crippen LogP) is 3.52. The number of rotatable bonds is 0. The van der Waals surface area contributed by atoms with Gasteiger partial charge in [0.2, 0.25) is 5.91 Å². The van der Waals surface area contributed by atoms with E-state index in [2.05, 4.69) is 21.2 Å². The molecule has 1 aromatic carbocycles. The van der Waals surface area contributed by atoms with E-state index in [1.165, 1.54) is 0 Å². The first-order valence-corrected chi connectivity index (χ1v) is 6.51. The molecule has 0 bridgehead atoms. The van der Waals surface area contributed by atoms with E-state index < -0.39 is 0 Å². The summed E-state index contributed by atoms with van der Waals surface area (Å²) in [5, 5.41) is 2.97. The summed E-state index contributed by atoms with van der Waals surface area (Å²) in [6.07, 6.45) is 0. The minimum Gasteiger partial charge on any atom is -0.324 e. The van der Waals surface area contributed by atoms with Gasteiger partial charge in [-0.2, -0.15) is 0 Å². The number of halogens is 1. The van der Waals surface area contributed by atoms with Gasteiger partial charge in [-0.15, -0.1) is 11.8 Å². The Kier molecular flexibility index (Phi) is 2.81. The first kappa shape index (κ1) is 11.0. The van der Waals surface area contributed by atoms with Crippen LogP contribution < -0.4 is 5.32 Å². The molecule has 0 saturated carbocycles. The standard InChI is InChI=1S/C11H12BrNOS/c1-11(2)6-15-8-5-3-4-7(12)9(8)13-10(11)14/h3-5H,6H2,1-2H3,(H,13,14). The largest absolute Gasteiger partial charge is 0.324 e. The van der Waals surface area contributed by atoms with Gasteiger partial charge in [-0.1, -0.05) is 19.9 Å². The molecule has 0 radical (unpaired) electrons. The van der Waals surface area contributed by atoms with E-state index in [1.54, 1.807) is 11.8 Å². The number of hydrogen-bond acceptors (Lipinski definition) is 2. The summed E-state index contributed by atoms with van der Waals surface area (Å²) in [6.45, 7) is 3.93. The van der Waals surface area contributed by atoms with Crippen LogP contribution in [0.4, 0.5) is 5.69 Å². The molecule has 0 saturated heterocycles. The molecule has 80 valence electrons. The zero-order chi connectivity index (χ0) is 11.1. The zero-order valence-corrected chi connectivity index (χ0v) is 11.0. The van der Waals surface area contributed by atoms with Crippen molar-refractivity contribution in [3.63, 3.8) is 0 Å². The lowest BCUT2D eigenvalue weighted by molar-refractivity contribution is -0.122. The number of hydrogen-bond donors (Lipinski definition) is 1. The molecule has 0 unspecified atom stereocenters. The molecular weight excluding hydrogens is 274 g/mol. The van der Waals surface area contributed by atoms with Gasteiger partial charge < -0.3 is 5.32 Å². The van der Waals surface area contributed by atoms with Crippen LogP contribution in [-0.2, 0) is 4.79 Å². The van der Waals surface area contributed by atoms with Crippen molar-refractivity contribution in [2.24, 2.45) is 5.41 Å². The van der Waals surface area contributed by atoms with Gasteiger partial charge in [0.1, 0.15) is 0 Å². The number of thioether (sulfide) groups is 1. The maximum absolute atomic E-state index is 11.9. The predicted molar refractivity (Wildman–Crippen MR) is 67.3 cm³/mol. The van der Waals surface area contributed by atoms with Gasteiger partial charge in [0, 0.05) is 15.1 Å². The lowest BCUT2D eigenvalue weighted by atomic mass is 9.95. The second-order valence-corrected chi connectivity index (χ2v) is 6.11.